The van der Waals surface area contributed by atoms with E-state index in [0.717, 1.165) is 0 Å². The molecular formula is C13H9BrClFN2O. The Labute approximate surface area is 122 Å². The summed E-state index contributed by atoms with van der Waals surface area (Å²) in [6.45, 7) is 0. The van der Waals surface area contributed by atoms with Crippen LogP contribution in [0.1, 0.15) is 10.4 Å². The fourth-order valence-electron chi connectivity index (χ4n) is 1.50. The van der Waals surface area contributed by atoms with E-state index in [1.165, 1.54) is 18.2 Å². The first-order valence-electron chi connectivity index (χ1n) is 5.29. The van der Waals surface area contributed by atoms with Gasteiger partial charge in [0.2, 0.25) is 0 Å². The van der Waals surface area contributed by atoms with E-state index in [1.54, 1.807) is 18.2 Å². The fraction of sp³-hybridized carbons (Fsp3) is 0. The molecule has 0 saturated heterocycles. The maximum absolute atomic E-state index is 13.5. The Balaban J connectivity index is 2.30. The Morgan fingerprint density at radius 3 is 2.74 bits per heavy atom. The molecule has 0 aliphatic heterocycles. The van der Waals surface area contributed by atoms with E-state index in [0.29, 0.717) is 10.2 Å². The molecule has 0 radical (unpaired) electrons. The minimum Gasteiger partial charge on any atom is -0.399 e. The molecule has 0 spiro atoms. The van der Waals surface area contributed by atoms with E-state index in [4.69, 9.17) is 17.3 Å². The van der Waals surface area contributed by atoms with Crippen molar-refractivity contribution < 1.29 is 9.18 Å². The molecule has 2 aromatic carbocycles. The van der Waals surface area contributed by atoms with Gasteiger partial charge in [-0.25, -0.2) is 4.39 Å². The average molecular weight is 344 g/mol. The van der Waals surface area contributed by atoms with Gasteiger partial charge in [0.25, 0.3) is 5.91 Å². The predicted octanol–water partition coefficient (Wildman–Crippen LogP) is 4.08. The molecule has 2 aromatic rings. The van der Waals surface area contributed by atoms with Gasteiger partial charge in [-0.3, -0.25) is 4.79 Å². The zero-order valence-electron chi connectivity index (χ0n) is 9.58. The fourth-order valence-corrected chi connectivity index (χ4v) is 2.06. The van der Waals surface area contributed by atoms with E-state index >= 15 is 0 Å². The highest BCUT2D eigenvalue weighted by Gasteiger charge is 2.13. The molecule has 0 aromatic heterocycles. The van der Waals surface area contributed by atoms with Crippen LogP contribution < -0.4 is 11.1 Å². The first-order valence-corrected chi connectivity index (χ1v) is 6.46. The van der Waals surface area contributed by atoms with Gasteiger partial charge in [-0.2, -0.15) is 0 Å². The number of halogens is 3. The summed E-state index contributed by atoms with van der Waals surface area (Å²) in [7, 11) is 0. The molecule has 0 heterocycles. The van der Waals surface area contributed by atoms with Gasteiger partial charge in [0.1, 0.15) is 5.82 Å². The minimum atomic E-state index is -0.561. The van der Waals surface area contributed by atoms with Crippen molar-refractivity contribution in [3.8, 4) is 0 Å². The van der Waals surface area contributed by atoms with Crippen molar-refractivity contribution in [2.45, 2.75) is 0 Å². The Morgan fingerprint density at radius 1 is 1.26 bits per heavy atom. The Morgan fingerprint density at radius 2 is 2.00 bits per heavy atom. The van der Waals surface area contributed by atoms with Crippen LogP contribution in [-0.2, 0) is 0 Å². The number of carbonyl (C=O) groups excluding carboxylic acids is 1. The lowest BCUT2D eigenvalue weighted by Crippen LogP contribution is -2.13. The average Bonchev–Trinajstić information content (AvgIpc) is 2.36. The molecule has 0 saturated carbocycles. The normalized spacial score (nSPS) is 10.3. The highest BCUT2D eigenvalue weighted by Crippen LogP contribution is 2.23. The lowest BCUT2D eigenvalue weighted by molar-refractivity contribution is 0.102. The summed E-state index contributed by atoms with van der Waals surface area (Å²) in [6.07, 6.45) is 0. The molecule has 0 unspecified atom stereocenters. The summed E-state index contributed by atoms with van der Waals surface area (Å²) in [4.78, 5) is 12.0. The molecule has 0 atom stereocenters. The highest BCUT2D eigenvalue weighted by atomic mass is 79.9. The summed E-state index contributed by atoms with van der Waals surface area (Å²) in [5, 5.41) is 2.72. The number of carbonyl (C=O) groups is 1. The maximum atomic E-state index is 13.5. The minimum absolute atomic E-state index is 0.0149. The number of rotatable bonds is 2. The van der Waals surface area contributed by atoms with Crippen LogP contribution in [0.4, 0.5) is 15.8 Å². The second-order valence-corrected chi connectivity index (χ2v) is 5.14. The first kappa shape index (κ1) is 13.8. The number of nitrogens with one attached hydrogen (secondary N) is 1. The topological polar surface area (TPSA) is 55.1 Å². The third kappa shape index (κ3) is 3.24. The van der Waals surface area contributed by atoms with Gasteiger partial charge < -0.3 is 11.1 Å². The molecule has 6 heteroatoms. The second-order valence-electron chi connectivity index (χ2n) is 3.82. The summed E-state index contributed by atoms with van der Waals surface area (Å²) in [5.74, 6) is -1.07. The summed E-state index contributed by atoms with van der Waals surface area (Å²) in [6, 6.07) is 8.79. The number of benzene rings is 2. The number of nitrogen functional groups attached to an aromatic ring is 1. The van der Waals surface area contributed by atoms with Crippen LogP contribution in [0.15, 0.2) is 40.9 Å². The van der Waals surface area contributed by atoms with Crippen molar-refractivity contribution in [1.82, 2.24) is 0 Å². The standard InChI is InChI=1S/C13H9BrClFN2O/c14-7-1-3-10(15)9(5-7)13(19)18-12-6-8(17)2-4-11(12)16/h1-6H,17H2,(H,18,19). The van der Waals surface area contributed by atoms with E-state index in [1.807, 2.05) is 0 Å². The summed E-state index contributed by atoms with van der Waals surface area (Å²) >= 11 is 9.17. The van der Waals surface area contributed by atoms with Crippen LogP contribution in [0.3, 0.4) is 0 Å². The molecule has 2 rings (SSSR count). The van der Waals surface area contributed by atoms with Crippen molar-refractivity contribution in [2.24, 2.45) is 0 Å². The van der Waals surface area contributed by atoms with E-state index in [9.17, 15) is 9.18 Å². The van der Waals surface area contributed by atoms with Crippen molar-refractivity contribution >= 4 is 44.8 Å². The number of hydrogen-bond donors (Lipinski definition) is 2. The SMILES string of the molecule is Nc1ccc(F)c(NC(=O)c2cc(Br)ccc2Cl)c1. The third-order valence-electron chi connectivity index (χ3n) is 2.41. The molecule has 0 fully saturated rings. The molecule has 0 aliphatic rings. The summed E-state index contributed by atoms with van der Waals surface area (Å²) in [5.41, 5.74) is 6.17. The van der Waals surface area contributed by atoms with Crippen LogP contribution >= 0.6 is 27.5 Å². The van der Waals surface area contributed by atoms with Gasteiger partial charge >= 0.3 is 0 Å². The first-order chi connectivity index (χ1) is 8.97. The smallest absolute Gasteiger partial charge is 0.257 e. The molecule has 3 N–H and O–H groups in total. The maximum Gasteiger partial charge on any atom is 0.257 e. The molecule has 3 nitrogen and oxygen atoms in total. The Hall–Kier alpha value is -1.59. The third-order valence-corrected chi connectivity index (χ3v) is 3.23. The lowest BCUT2D eigenvalue weighted by Gasteiger charge is -2.08. The van der Waals surface area contributed by atoms with Crippen molar-refractivity contribution in [2.75, 3.05) is 11.1 Å². The Bertz CT molecular complexity index is 649. The van der Waals surface area contributed by atoms with Crippen molar-refractivity contribution in [1.29, 1.82) is 0 Å². The van der Waals surface area contributed by atoms with Crippen molar-refractivity contribution in [3.05, 3.63) is 57.3 Å². The van der Waals surface area contributed by atoms with Gasteiger partial charge in [0, 0.05) is 10.2 Å². The zero-order chi connectivity index (χ0) is 14.0. The zero-order valence-corrected chi connectivity index (χ0v) is 11.9. The quantitative estimate of drug-likeness (QED) is 0.807. The van der Waals surface area contributed by atoms with Gasteiger partial charge in [-0.05, 0) is 36.4 Å². The second kappa shape index (κ2) is 5.59. The molecule has 98 valence electrons. The summed E-state index contributed by atoms with van der Waals surface area (Å²) < 4.78 is 14.2. The van der Waals surface area contributed by atoms with E-state index < -0.39 is 11.7 Å². The number of anilines is 2. The van der Waals surface area contributed by atoms with Gasteiger partial charge in [0.15, 0.2) is 0 Å². The van der Waals surface area contributed by atoms with Crippen LogP contribution in [0.5, 0.6) is 0 Å². The predicted molar refractivity (Wildman–Crippen MR) is 77.9 cm³/mol. The molecule has 0 aliphatic carbocycles. The molecule has 0 bridgehead atoms. The van der Waals surface area contributed by atoms with E-state index in [2.05, 4.69) is 21.2 Å². The monoisotopic (exact) mass is 342 g/mol. The number of nitrogens with two attached hydrogens (primary N) is 1. The van der Waals surface area contributed by atoms with Crippen LogP contribution in [0.25, 0.3) is 0 Å². The van der Waals surface area contributed by atoms with Crippen LogP contribution in [0, 0.1) is 5.82 Å². The van der Waals surface area contributed by atoms with Crippen molar-refractivity contribution in [3.63, 3.8) is 0 Å². The lowest BCUT2D eigenvalue weighted by atomic mass is 10.2. The molecule has 19 heavy (non-hydrogen) atoms. The van der Waals surface area contributed by atoms with Gasteiger partial charge in [-0.15, -0.1) is 0 Å². The van der Waals surface area contributed by atoms with Crippen LogP contribution in [-0.4, -0.2) is 5.91 Å². The number of hydrogen-bond acceptors (Lipinski definition) is 2. The largest absolute Gasteiger partial charge is 0.399 e. The van der Waals surface area contributed by atoms with Gasteiger partial charge in [-0.1, -0.05) is 27.5 Å². The number of amides is 1. The van der Waals surface area contributed by atoms with Crippen LogP contribution in [0.2, 0.25) is 5.02 Å². The van der Waals surface area contributed by atoms with Gasteiger partial charge in [0.05, 0.1) is 16.3 Å². The Kier molecular flexibility index (Phi) is 4.07. The molecular weight excluding hydrogens is 335 g/mol. The molecule has 1 amide bonds. The van der Waals surface area contributed by atoms with E-state index in [-0.39, 0.29) is 16.3 Å². The highest BCUT2D eigenvalue weighted by molar-refractivity contribution is 9.10.